The van der Waals surface area contributed by atoms with Gasteiger partial charge in [0.15, 0.2) is 0 Å². The fourth-order valence-corrected chi connectivity index (χ4v) is 3.45. The first-order chi connectivity index (χ1) is 12.9. The van der Waals surface area contributed by atoms with E-state index < -0.39 is 5.82 Å². The fourth-order valence-electron chi connectivity index (χ4n) is 3.45. The van der Waals surface area contributed by atoms with Crippen molar-refractivity contribution in [3.8, 4) is 6.07 Å². The van der Waals surface area contributed by atoms with Crippen LogP contribution in [0.1, 0.15) is 51.7 Å². The Labute approximate surface area is 161 Å². The predicted molar refractivity (Wildman–Crippen MR) is 104 cm³/mol. The maximum Gasteiger partial charge on any atom is 0.409 e. The molecule has 0 spiro atoms. The number of benzene rings is 1. The van der Waals surface area contributed by atoms with Crippen molar-refractivity contribution in [3.63, 3.8) is 0 Å². The van der Waals surface area contributed by atoms with E-state index in [0.29, 0.717) is 37.8 Å². The van der Waals surface area contributed by atoms with E-state index in [-0.39, 0.29) is 17.7 Å². The van der Waals surface area contributed by atoms with Crippen LogP contribution in [-0.2, 0) is 11.2 Å². The van der Waals surface area contributed by atoms with Gasteiger partial charge in [-0.1, -0.05) is 27.2 Å². The van der Waals surface area contributed by atoms with Crippen LogP contribution in [-0.4, -0.2) is 43.3 Å². The van der Waals surface area contributed by atoms with Crippen molar-refractivity contribution in [3.05, 3.63) is 29.1 Å². The highest BCUT2D eigenvalue weighted by molar-refractivity contribution is 5.69. The number of nitrogens with zero attached hydrogens (tertiary/aromatic N) is 3. The highest BCUT2D eigenvalue weighted by Gasteiger charge is 2.30. The topological polar surface area (TPSA) is 56.6 Å². The van der Waals surface area contributed by atoms with Crippen molar-refractivity contribution in [2.75, 3.05) is 31.1 Å². The summed E-state index contributed by atoms with van der Waals surface area (Å²) < 4.78 is 19.8. The van der Waals surface area contributed by atoms with Crippen molar-refractivity contribution in [1.82, 2.24) is 4.90 Å². The van der Waals surface area contributed by atoms with Gasteiger partial charge >= 0.3 is 6.09 Å². The van der Waals surface area contributed by atoms with E-state index in [1.54, 1.807) is 4.90 Å². The SMILES string of the molecule is CCCCOC(=O)N1CCN(c2cc(CC(C)C)cc(F)c2C#N)C(C)C1. The van der Waals surface area contributed by atoms with Crippen LogP contribution in [0, 0.1) is 23.1 Å². The van der Waals surface area contributed by atoms with Crippen LogP contribution in [0.15, 0.2) is 12.1 Å². The Hall–Kier alpha value is -2.29. The maximum atomic E-state index is 14.5. The van der Waals surface area contributed by atoms with Crippen LogP contribution < -0.4 is 4.90 Å². The zero-order valence-electron chi connectivity index (χ0n) is 16.8. The Kier molecular flexibility index (Phi) is 7.46. The Morgan fingerprint density at radius 2 is 2.15 bits per heavy atom. The summed E-state index contributed by atoms with van der Waals surface area (Å²) in [5.74, 6) is -0.0726. The van der Waals surface area contributed by atoms with Gasteiger partial charge in [-0.15, -0.1) is 0 Å². The van der Waals surface area contributed by atoms with E-state index in [1.807, 2.05) is 30.9 Å². The van der Waals surface area contributed by atoms with Crippen molar-refractivity contribution < 1.29 is 13.9 Å². The van der Waals surface area contributed by atoms with Gasteiger partial charge in [-0.05, 0) is 43.4 Å². The summed E-state index contributed by atoms with van der Waals surface area (Å²) in [6.45, 7) is 10.2. The highest BCUT2D eigenvalue weighted by atomic mass is 19.1. The molecule has 1 aromatic carbocycles. The molecule has 148 valence electrons. The monoisotopic (exact) mass is 375 g/mol. The molecular formula is C21H30FN3O2. The van der Waals surface area contributed by atoms with Gasteiger partial charge in [-0.3, -0.25) is 0 Å². The number of nitriles is 1. The highest BCUT2D eigenvalue weighted by Crippen LogP contribution is 2.29. The molecule has 1 amide bonds. The van der Waals surface area contributed by atoms with Gasteiger partial charge in [0.1, 0.15) is 17.4 Å². The molecule has 0 aliphatic carbocycles. The largest absolute Gasteiger partial charge is 0.449 e. The van der Waals surface area contributed by atoms with Gasteiger partial charge in [0.2, 0.25) is 0 Å². The quantitative estimate of drug-likeness (QED) is 0.694. The predicted octanol–water partition coefficient (Wildman–Crippen LogP) is 4.34. The third-order valence-corrected chi connectivity index (χ3v) is 4.80. The fraction of sp³-hybridized carbons (Fsp3) is 0.619. The maximum absolute atomic E-state index is 14.5. The third-order valence-electron chi connectivity index (χ3n) is 4.80. The molecule has 1 saturated heterocycles. The van der Waals surface area contributed by atoms with E-state index in [0.717, 1.165) is 24.8 Å². The number of ether oxygens (including phenoxy) is 1. The molecule has 6 heteroatoms. The molecule has 0 aromatic heterocycles. The Balaban J connectivity index is 2.16. The lowest BCUT2D eigenvalue weighted by molar-refractivity contribution is 0.0945. The molecule has 0 N–H and O–H groups in total. The number of amides is 1. The Morgan fingerprint density at radius 3 is 2.74 bits per heavy atom. The number of carbonyl (C=O) groups excluding carboxylic acids is 1. The first kappa shape index (κ1) is 21.0. The van der Waals surface area contributed by atoms with Crippen LogP contribution in [0.4, 0.5) is 14.9 Å². The van der Waals surface area contributed by atoms with Gasteiger partial charge in [0.25, 0.3) is 0 Å². The Morgan fingerprint density at radius 1 is 1.41 bits per heavy atom. The van der Waals surface area contributed by atoms with Crippen LogP contribution in [0.2, 0.25) is 0 Å². The standard InChI is InChI=1S/C21H30FN3O2/c1-5-6-9-27-21(26)24-7-8-25(16(4)14-24)20-12-17(10-15(2)3)11-19(22)18(20)13-23/h11-12,15-16H,5-10,14H2,1-4H3. The zero-order chi connectivity index (χ0) is 20.0. The smallest absolute Gasteiger partial charge is 0.409 e. The zero-order valence-corrected chi connectivity index (χ0v) is 16.8. The molecule has 1 atom stereocenters. The van der Waals surface area contributed by atoms with Gasteiger partial charge in [0, 0.05) is 25.7 Å². The Bertz CT molecular complexity index is 699. The summed E-state index contributed by atoms with van der Waals surface area (Å²) in [4.78, 5) is 15.9. The summed E-state index contributed by atoms with van der Waals surface area (Å²) >= 11 is 0. The molecule has 1 aliphatic rings. The number of anilines is 1. The van der Waals surface area contributed by atoms with Gasteiger partial charge < -0.3 is 14.5 Å². The van der Waals surface area contributed by atoms with Crippen LogP contribution in [0.5, 0.6) is 0 Å². The molecule has 2 rings (SSSR count). The van der Waals surface area contributed by atoms with Gasteiger partial charge in [0.05, 0.1) is 12.3 Å². The molecule has 1 aromatic rings. The first-order valence-electron chi connectivity index (χ1n) is 9.78. The van der Waals surface area contributed by atoms with E-state index >= 15 is 0 Å². The summed E-state index contributed by atoms with van der Waals surface area (Å²) in [5, 5.41) is 9.45. The molecule has 27 heavy (non-hydrogen) atoms. The molecule has 0 saturated carbocycles. The van der Waals surface area contributed by atoms with E-state index in [1.165, 1.54) is 6.07 Å². The molecule has 1 heterocycles. The first-order valence-corrected chi connectivity index (χ1v) is 9.78. The minimum Gasteiger partial charge on any atom is -0.449 e. The van der Waals surface area contributed by atoms with Crippen molar-refractivity contribution in [2.45, 2.75) is 53.0 Å². The lowest BCUT2D eigenvalue weighted by Crippen LogP contribution is -2.54. The van der Waals surface area contributed by atoms with Crippen LogP contribution in [0.25, 0.3) is 0 Å². The second-order valence-corrected chi connectivity index (χ2v) is 7.64. The molecule has 1 fully saturated rings. The molecule has 1 unspecified atom stereocenters. The lowest BCUT2D eigenvalue weighted by atomic mass is 9.99. The summed E-state index contributed by atoms with van der Waals surface area (Å²) in [6, 6.07) is 5.37. The second-order valence-electron chi connectivity index (χ2n) is 7.64. The summed E-state index contributed by atoms with van der Waals surface area (Å²) in [7, 11) is 0. The van der Waals surface area contributed by atoms with E-state index in [2.05, 4.69) is 13.8 Å². The van der Waals surface area contributed by atoms with E-state index in [9.17, 15) is 14.4 Å². The lowest BCUT2D eigenvalue weighted by Gasteiger charge is -2.41. The molecule has 5 nitrogen and oxygen atoms in total. The van der Waals surface area contributed by atoms with Gasteiger partial charge in [-0.25, -0.2) is 9.18 Å². The molecule has 1 aliphatic heterocycles. The molecule has 0 bridgehead atoms. The van der Waals surface area contributed by atoms with Crippen molar-refractivity contribution in [1.29, 1.82) is 5.26 Å². The number of piperazine rings is 1. The van der Waals surface area contributed by atoms with Crippen LogP contribution in [0.3, 0.4) is 0 Å². The minimum absolute atomic E-state index is 0.0294. The molecule has 0 radical (unpaired) electrons. The number of rotatable bonds is 6. The number of hydrogen-bond acceptors (Lipinski definition) is 4. The normalized spacial score (nSPS) is 17.1. The summed E-state index contributed by atoms with van der Waals surface area (Å²) in [6.07, 6.45) is 2.30. The average molecular weight is 375 g/mol. The van der Waals surface area contributed by atoms with Crippen LogP contribution >= 0.6 is 0 Å². The number of halogens is 1. The summed E-state index contributed by atoms with van der Waals surface area (Å²) in [5.41, 5.74) is 1.60. The third kappa shape index (κ3) is 5.35. The second kappa shape index (κ2) is 9.59. The van der Waals surface area contributed by atoms with E-state index in [4.69, 9.17) is 4.74 Å². The van der Waals surface area contributed by atoms with Gasteiger partial charge in [-0.2, -0.15) is 5.26 Å². The minimum atomic E-state index is -0.473. The van der Waals surface area contributed by atoms with Crippen molar-refractivity contribution in [2.24, 2.45) is 5.92 Å². The molecular weight excluding hydrogens is 345 g/mol. The number of unbranched alkanes of at least 4 members (excludes halogenated alkanes) is 1. The number of carbonyl (C=O) groups is 1. The van der Waals surface area contributed by atoms with Crippen molar-refractivity contribution >= 4 is 11.8 Å². The average Bonchev–Trinajstić information content (AvgIpc) is 2.60. The number of hydrogen-bond donors (Lipinski definition) is 0.